The molecule has 2 aromatic rings. The molecule has 1 aliphatic rings. The predicted octanol–water partition coefficient (Wildman–Crippen LogP) is 3.54. The number of rotatable bonds is 3. The third-order valence-electron chi connectivity index (χ3n) is 4.07. The quantitative estimate of drug-likeness (QED) is 0.909. The van der Waals surface area contributed by atoms with Crippen LogP contribution in [-0.2, 0) is 0 Å². The molecule has 1 aromatic carbocycles. The SMILES string of the molecule is Cc1ncc(-c2cccc([C@@H](C)N3CCCC3)c2)[nH]1. The second-order valence-corrected chi connectivity index (χ2v) is 5.43. The first kappa shape index (κ1) is 12.4. The fraction of sp³-hybridized carbons (Fsp3) is 0.438. The van der Waals surface area contributed by atoms with Gasteiger partial charge in [-0.25, -0.2) is 4.98 Å². The van der Waals surface area contributed by atoms with Crippen LogP contribution in [-0.4, -0.2) is 28.0 Å². The minimum Gasteiger partial charge on any atom is -0.342 e. The number of hydrogen-bond donors (Lipinski definition) is 1. The van der Waals surface area contributed by atoms with Gasteiger partial charge >= 0.3 is 0 Å². The number of nitrogens with zero attached hydrogens (tertiary/aromatic N) is 2. The van der Waals surface area contributed by atoms with Gasteiger partial charge in [-0.05, 0) is 57.0 Å². The standard InChI is InChI=1S/C16H21N3/c1-12(19-8-3-4-9-19)14-6-5-7-15(10-14)16-11-17-13(2)18-16/h5-7,10-12H,3-4,8-9H2,1-2H3,(H,17,18)/t12-/m1/s1. The summed E-state index contributed by atoms with van der Waals surface area (Å²) in [5, 5.41) is 0. The van der Waals surface area contributed by atoms with Crippen molar-refractivity contribution in [2.24, 2.45) is 0 Å². The summed E-state index contributed by atoms with van der Waals surface area (Å²) in [4.78, 5) is 10.1. The van der Waals surface area contributed by atoms with E-state index >= 15 is 0 Å². The Morgan fingerprint density at radius 3 is 2.74 bits per heavy atom. The summed E-state index contributed by atoms with van der Waals surface area (Å²) in [7, 11) is 0. The summed E-state index contributed by atoms with van der Waals surface area (Å²) in [6.07, 6.45) is 4.59. The van der Waals surface area contributed by atoms with Crippen molar-refractivity contribution in [1.82, 2.24) is 14.9 Å². The highest BCUT2D eigenvalue weighted by Gasteiger charge is 2.19. The highest BCUT2D eigenvalue weighted by atomic mass is 15.2. The van der Waals surface area contributed by atoms with Gasteiger partial charge in [0.15, 0.2) is 0 Å². The molecule has 0 aliphatic carbocycles. The van der Waals surface area contributed by atoms with Crippen LogP contribution in [0.2, 0.25) is 0 Å². The molecule has 1 saturated heterocycles. The van der Waals surface area contributed by atoms with E-state index in [4.69, 9.17) is 0 Å². The van der Waals surface area contributed by atoms with Crippen LogP contribution >= 0.6 is 0 Å². The van der Waals surface area contributed by atoms with Gasteiger partial charge in [-0.1, -0.05) is 18.2 Å². The molecule has 0 amide bonds. The van der Waals surface area contributed by atoms with Crippen molar-refractivity contribution in [1.29, 1.82) is 0 Å². The molecule has 0 bridgehead atoms. The summed E-state index contributed by atoms with van der Waals surface area (Å²) < 4.78 is 0. The molecular formula is C16H21N3. The molecule has 1 fully saturated rings. The average Bonchev–Trinajstić information content (AvgIpc) is 3.09. The van der Waals surface area contributed by atoms with Crippen molar-refractivity contribution < 1.29 is 0 Å². The maximum atomic E-state index is 4.28. The Balaban J connectivity index is 1.87. The Morgan fingerprint density at radius 2 is 2.05 bits per heavy atom. The lowest BCUT2D eigenvalue weighted by atomic mass is 10.0. The van der Waals surface area contributed by atoms with Gasteiger partial charge in [-0.2, -0.15) is 0 Å². The molecule has 0 unspecified atom stereocenters. The topological polar surface area (TPSA) is 31.9 Å². The lowest BCUT2D eigenvalue weighted by molar-refractivity contribution is 0.263. The van der Waals surface area contributed by atoms with Gasteiger partial charge < -0.3 is 4.98 Å². The highest BCUT2D eigenvalue weighted by Crippen LogP contribution is 2.27. The van der Waals surface area contributed by atoms with Crippen LogP contribution in [0.5, 0.6) is 0 Å². The van der Waals surface area contributed by atoms with Gasteiger partial charge in [-0.15, -0.1) is 0 Å². The monoisotopic (exact) mass is 255 g/mol. The Bertz CT molecular complexity index is 553. The first-order valence-corrected chi connectivity index (χ1v) is 7.10. The van der Waals surface area contributed by atoms with Crippen molar-refractivity contribution in [3.63, 3.8) is 0 Å². The highest BCUT2D eigenvalue weighted by molar-refractivity contribution is 5.59. The number of aromatic amines is 1. The van der Waals surface area contributed by atoms with Crippen LogP contribution in [0.4, 0.5) is 0 Å². The smallest absolute Gasteiger partial charge is 0.103 e. The zero-order valence-corrected chi connectivity index (χ0v) is 11.7. The van der Waals surface area contributed by atoms with Crippen LogP contribution in [0.3, 0.4) is 0 Å². The lowest BCUT2D eigenvalue weighted by Crippen LogP contribution is -2.23. The van der Waals surface area contributed by atoms with E-state index in [0.717, 1.165) is 11.5 Å². The van der Waals surface area contributed by atoms with E-state index in [1.807, 2.05) is 13.1 Å². The van der Waals surface area contributed by atoms with Gasteiger partial charge in [-0.3, -0.25) is 4.90 Å². The number of likely N-dealkylation sites (tertiary alicyclic amines) is 1. The molecule has 3 nitrogen and oxygen atoms in total. The Kier molecular flexibility index (Phi) is 3.38. The molecule has 3 heteroatoms. The second kappa shape index (κ2) is 5.17. The average molecular weight is 255 g/mol. The lowest BCUT2D eigenvalue weighted by Gasteiger charge is -2.24. The first-order valence-electron chi connectivity index (χ1n) is 7.10. The molecule has 3 rings (SSSR count). The Labute approximate surface area is 114 Å². The zero-order valence-electron chi connectivity index (χ0n) is 11.7. The molecule has 1 aliphatic heterocycles. The number of imidazole rings is 1. The van der Waals surface area contributed by atoms with Gasteiger partial charge in [0, 0.05) is 6.04 Å². The van der Waals surface area contributed by atoms with E-state index in [-0.39, 0.29) is 0 Å². The molecule has 19 heavy (non-hydrogen) atoms. The summed E-state index contributed by atoms with van der Waals surface area (Å²) in [6.45, 7) is 6.76. The molecule has 1 aromatic heterocycles. The summed E-state index contributed by atoms with van der Waals surface area (Å²) in [5.41, 5.74) is 3.73. The number of aryl methyl sites for hydroxylation is 1. The van der Waals surface area contributed by atoms with E-state index in [1.54, 1.807) is 0 Å². The van der Waals surface area contributed by atoms with Crippen molar-refractivity contribution >= 4 is 0 Å². The van der Waals surface area contributed by atoms with E-state index in [1.165, 1.54) is 37.1 Å². The fourth-order valence-electron chi connectivity index (χ4n) is 2.87. The molecule has 2 heterocycles. The largest absolute Gasteiger partial charge is 0.342 e. The van der Waals surface area contributed by atoms with E-state index in [2.05, 4.69) is 46.1 Å². The molecular weight excluding hydrogens is 234 g/mol. The van der Waals surface area contributed by atoms with Crippen molar-refractivity contribution in [3.8, 4) is 11.3 Å². The van der Waals surface area contributed by atoms with E-state index in [9.17, 15) is 0 Å². The van der Waals surface area contributed by atoms with Crippen LogP contribution in [0, 0.1) is 6.92 Å². The third-order valence-corrected chi connectivity index (χ3v) is 4.07. The molecule has 100 valence electrons. The normalized spacial score (nSPS) is 17.8. The Morgan fingerprint density at radius 1 is 1.26 bits per heavy atom. The van der Waals surface area contributed by atoms with E-state index in [0.29, 0.717) is 6.04 Å². The maximum Gasteiger partial charge on any atom is 0.103 e. The summed E-state index contributed by atoms with van der Waals surface area (Å²) >= 11 is 0. The summed E-state index contributed by atoms with van der Waals surface area (Å²) in [6, 6.07) is 9.32. The predicted molar refractivity (Wildman–Crippen MR) is 78.0 cm³/mol. The fourth-order valence-corrected chi connectivity index (χ4v) is 2.87. The number of nitrogens with one attached hydrogen (secondary N) is 1. The number of benzene rings is 1. The van der Waals surface area contributed by atoms with E-state index < -0.39 is 0 Å². The maximum absolute atomic E-state index is 4.28. The number of H-pyrrole nitrogens is 1. The zero-order chi connectivity index (χ0) is 13.2. The van der Waals surface area contributed by atoms with Crippen LogP contribution in [0.1, 0.15) is 37.2 Å². The molecule has 0 spiro atoms. The van der Waals surface area contributed by atoms with Crippen molar-refractivity contribution in [3.05, 3.63) is 41.9 Å². The molecule has 1 atom stereocenters. The van der Waals surface area contributed by atoms with Gasteiger partial charge in [0.1, 0.15) is 5.82 Å². The molecule has 0 saturated carbocycles. The van der Waals surface area contributed by atoms with Crippen molar-refractivity contribution in [2.45, 2.75) is 32.7 Å². The van der Waals surface area contributed by atoms with Crippen LogP contribution in [0.15, 0.2) is 30.5 Å². The summed E-state index contributed by atoms with van der Waals surface area (Å²) in [5.74, 6) is 0.966. The van der Waals surface area contributed by atoms with Gasteiger partial charge in [0.25, 0.3) is 0 Å². The minimum atomic E-state index is 0.506. The molecule has 0 radical (unpaired) electrons. The number of aromatic nitrogens is 2. The van der Waals surface area contributed by atoms with Gasteiger partial charge in [0.05, 0.1) is 11.9 Å². The second-order valence-electron chi connectivity index (χ2n) is 5.43. The first-order chi connectivity index (χ1) is 9.24. The van der Waals surface area contributed by atoms with Crippen molar-refractivity contribution in [2.75, 3.05) is 13.1 Å². The number of hydrogen-bond acceptors (Lipinski definition) is 2. The molecule has 1 N–H and O–H groups in total. The van der Waals surface area contributed by atoms with Crippen LogP contribution < -0.4 is 0 Å². The minimum absolute atomic E-state index is 0.506. The third kappa shape index (κ3) is 2.56. The van der Waals surface area contributed by atoms with Crippen LogP contribution in [0.25, 0.3) is 11.3 Å². The van der Waals surface area contributed by atoms with Gasteiger partial charge in [0.2, 0.25) is 0 Å². The Hall–Kier alpha value is -1.61.